The molecule has 1 aliphatic carbocycles. The van der Waals surface area contributed by atoms with Crippen LogP contribution in [0, 0.1) is 5.41 Å². The van der Waals surface area contributed by atoms with E-state index in [0.717, 1.165) is 18.4 Å². The van der Waals surface area contributed by atoms with Crippen LogP contribution in [0.2, 0.25) is 0 Å². The average molecular weight is 289 g/mol. The van der Waals surface area contributed by atoms with Crippen molar-refractivity contribution in [1.82, 2.24) is 5.32 Å². The summed E-state index contributed by atoms with van der Waals surface area (Å²) in [6, 6.07) is 9.14. The van der Waals surface area contributed by atoms with Crippen LogP contribution in [0.15, 0.2) is 35.5 Å². The lowest BCUT2D eigenvalue weighted by Gasteiger charge is -2.25. The van der Waals surface area contributed by atoms with E-state index < -0.39 is 5.92 Å². The second kappa shape index (κ2) is 6.61. The number of nitrogens with zero attached hydrogens (tertiary/aromatic N) is 1. The molecule has 0 spiro atoms. The van der Waals surface area contributed by atoms with E-state index in [9.17, 15) is 4.79 Å². The lowest BCUT2D eigenvalue weighted by atomic mass is 9.88. The number of carbonyl (C=O) groups is 1. The van der Waals surface area contributed by atoms with Gasteiger partial charge in [-0.25, -0.2) is 0 Å². The third-order valence-electron chi connectivity index (χ3n) is 4.31. The Balaban J connectivity index is 2.08. The summed E-state index contributed by atoms with van der Waals surface area (Å²) in [4.78, 5) is 12.5. The highest BCUT2D eigenvalue weighted by Gasteiger charge is 2.31. The first-order chi connectivity index (χ1) is 10.1. The van der Waals surface area contributed by atoms with E-state index in [1.54, 1.807) is 12.1 Å². The molecular weight excluding hydrogens is 266 g/mol. The van der Waals surface area contributed by atoms with E-state index in [0.29, 0.717) is 6.54 Å². The van der Waals surface area contributed by atoms with Crippen molar-refractivity contribution in [1.29, 1.82) is 0 Å². The van der Waals surface area contributed by atoms with E-state index in [-0.39, 0.29) is 17.2 Å². The van der Waals surface area contributed by atoms with Gasteiger partial charge in [0.25, 0.3) is 0 Å². The van der Waals surface area contributed by atoms with Gasteiger partial charge in [-0.05, 0) is 23.8 Å². The molecule has 0 aliphatic heterocycles. The quantitative estimate of drug-likeness (QED) is 0.336. The first-order valence-electron chi connectivity index (χ1n) is 7.36. The monoisotopic (exact) mass is 289 g/mol. The Bertz CT molecular complexity index is 508. The molecule has 1 amide bonds. The molecule has 1 atom stereocenters. The maximum Gasteiger partial charge on any atom is 0.235 e. The Hall–Kier alpha value is -2.04. The highest BCUT2D eigenvalue weighted by atomic mass is 16.4. The van der Waals surface area contributed by atoms with Gasteiger partial charge in [-0.3, -0.25) is 4.79 Å². The number of hydrogen-bond donors (Lipinski definition) is 3. The summed E-state index contributed by atoms with van der Waals surface area (Å²) < 4.78 is 0. The minimum absolute atomic E-state index is 0.0877. The molecule has 1 saturated carbocycles. The maximum absolute atomic E-state index is 12.5. The molecule has 0 heterocycles. The number of oxime groups is 1. The normalized spacial score (nSPS) is 19.2. The van der Waals surface area contributed by atoms with Crippen molar-refractivity contribution < 1.29 is 10.0 Å². The summed E-state index contributed by atoms with van der Waals surface area (Å²) in [5.41, 5.74) is 6.60. The lowest BCUT2D eigenvalue weighted by molar-refractivity contribution is -0.121. The van der Waals surface area contributed by atoms with Crippen LogP contribution in [0.3, 0.4) is 0 Å². The molecule has 1 aliphatic rings. The van der Waals surface area contributed by atoms with Crippen LogP contribution in [0.5, 0.6) is 0 Å². The van der Waals surface area contributed by atoms with Gasteiger partial charge in [0.2, 0.25) is 5.91 Å². The van der Waals surface area contributed by atoms with E-state index in [2.05, 4.69) is 17.4 Å². The van der Waals surface area contributed by atoms with Crippen molar-refractivity contribution in [2.24, 2.45) is 16.3 Å². The van der Waals surface area contributed by atoms with Crippen LogP contribution in [0.25, 0.3) is 0 Å². The van der Waals surface area contributed by atoms with Crippen LogP contribution < -0.4 is 11.1 Å². The third-order valence-corrected chi connectivity index (χ3v) is 4.31. The maximum atomic E-state index is 12.5. The minimum Gasteiger partial charge on any atom is -0.409 e. The Morgan fingerprint density at radius 2 is 2.00 bits per heavy atom. The zero-order valence-electron chi connectivity index (χ0n) is 12.4. The Morgan fingerprint density at radius 1 is 1.38 bits per heavy atom. The first-order valence-corrected chi connectivity index (χ1v) is 7.36. The molecule has 5 heteroatoms. The number of rotatable bonds is 5. The van der Waals surface area contributed by atoms with Crippen molar-refractivity contribution in [3.63, 3.8) is 0 Å². The number of nitrogens with two attached hydrogens (primary N) is 1. The largest absolute Gasteiger partial charge is 0.409 e. The number of amidine groups is 1. The zero-order chi connectivity index (χ0) is 15.3. The van der Waals surface area contributed by atoms with Gasteiger partial charge in [0.15, 0.2) is 5.84 Å². The van der Waals surface area contributed by atoms with Crippen LogP contribution in [-0.4, -0.2) is 23.5 Å². The molecule has 2 rings (SSSR count). The Kier molecular flexibility index (Phi) is 4.83. The molecule has 0 saturated heterocycles. The molecule has 1 unspecified atom stereocenters. The van der Waals surface area contributed by atoms with E-state index in [4.69, 9.17) is 10.9 Å². The Morgan fingerprint density at radius 3 is 2.57 bits per heavy atom. The average Bonchev–Trinajstić information content (AvgIpc) is 2.93. The molecule has 114 valence electrons. The molecule has 1 aromatic rings. The van der Waals surface area contributed by atoms with E-state index >= 15 is 0 Å². The van der Waals surface area contributed by atoms with Crippen LogP contribution in [0.1, 0.15) is 44.1 Å². The fourth-order valence-electron chi connectivity index (χ4n) is 2.97. The summed E-state index contributed by atoms with van der Waals surface area (Å²) in [6.45, 7) is 2.83. The fraction of sp³-hybridized carbons (Fsp3) is 0.500. The number of amides is 1. The van der Waals surface area contributed by atoms with Gasteiger partial charge in [0.05, 0.1) is 0 Å². The highest BCUT2D eigenvalue weighted by Crippen LogP contribution is 2.36. The van der Waals surface area contributed by atoms with Crippen molar-refractivity contribution in [2.75, 3.05) is 6.54 Å². The second-order valence-electron chi connectivity index (χ2n) is 6.10. The van der Waals surface area contributed by atoms with Crippen molar-refractivity contribution in [3.05, 3.63) is 35.9 Å². The topological polar surface area (TPSA) is 87.7 Å². The van der Waals surface area contributed by atoms with Crippen molar-refractivity contribution in [3.8, 4) is 0 Å². The molecule has 0 bridgehead atoms. The minimum atomic E-state index is -0.749. The number of hydrogen-bond acceptors (Lipinski definition) is 3. The van der Waals surface area contributed by atoms with Gasteiger partial charge in [0.1, 0.15) is 5.92 Å². The van der Waals surface area contributed by atoms with Gasteiger partial charge >= 0.3 is 0 Å². The van der Waals surface area contributed by atoms with Crippen molar-refractivity contribution >= 4 is 11.7 Å². The summed E-state index contributed by atoms with van der Waals surface area (Å²) in [5, 5.41) is 14.9. The molecule has 1 aromatic carbocycles. The molecule has 21 heavy (non-hydrogen) atoms. The molecule has 1 fully saturated rings. The van der Waals surface area contributed by atoms with Gasteiger partial charge < -0.3 is 16.3 Å². The molecular formula is C16H23N3O2. The predicted octanol–water partition coefficient (Wildman–Crippen LogP) is 2.21. The molecule has 5 nitrogen and oxygen atoms in total. The number of nitrogens with one attached hydrogen (secondary N) is 1. The molecule has 4 N–H and O–H groups in total. The standard InChI is InChI=1S/C16H23N3O2/c1-16(9-5-6-10-16)11-18-15(20)13(14(17)19-21)12-7-3-2-4-8-12/h2-4,7-8,13,21H,5-6,9-11H2,1H3,(H2,17,19)(H,18,20). The second-order valence-corrected chi connectivity index (χ2v) is 6.10. The van der Waals surface area contributed by atoms with Crippen molar-refractivity contribution in [2.45, 2.75) is 38.5 Å². The van der Waals surface area contributed by atoms with E-state index in [1.165, 1.54) is 12.8 Å². The third kappa shape index (κ3) is 3.74. The van der Waals surface area contributed by atoms with Gasteiger partial charge in [-0.1, -0.05) is 55.3 Å². The SMILES string of the molecule is CC1(CNC(=O)C(C(N)=NO)c2ccccc2)CCCC1. The van der Waals surface area contributed by atoms with Crippen LogP contribution in [-0.2, 0) is 4.79 Å². The molecule has 0 radical (unpaired) electrons. The summed E-state index contributed by atoms with van der Waals surface area (Å²) >= 11 is 0. The first kappa shape index (κ1) is 15.4. The number of carbonyl (C=O) groups excluding carboxylic acids is 1. The number of benzene rings is 1. The van der Waals surface area contributed by atoms with Crippen LogP contribution in [0.4, 0.5) is 0 Å². The highest BCUT2D eigenvalue weighted by molar-refractivity contribution is 6.07. The van der Waals surface area contributed by atoms with Gasteiger partial charge in [0, 0.05) is 6.54 Å². The zero-order valence-corrected chi connectivity index (χ0v) is 12.4. The smallest absolute Gasteiger partial charge is 0.235 e. The van der Waals surface area contributed by atoms with Gasteiger partial charge in [-0.2, -0.15) is 0 Å². The lowest BCUT2D eigenvalue weighted by Crippen LogP contribution is -2.41. The summed E-state index contributed by atoms with van der Waals surface area (Å²) in [7, 11) is 0. The predicted molar refractivity (Wildman–Crippen MR) is 82.2 cm³/mol. The van der Waals surface area contributed by atoms with E-state index in [1.807, 2.05) is 18.2 Å². The Labute approximate surface area is 125 Å². The summed E-state index contributed by atoms with van der Waals surface area (Å²) in [6.07, 6.45) is 4.70. The van der Waals surface area contributed by atoms with Crippen LogP contribution >= 0.6 is 0 Å². The fourth-order valence-corrected chi connectivity index (χ4v) is 2.97. The molecule has 0 aromatic heterocycles. The van der Waals surface area contributed by atoms with Gasteiger partial charge in [-0.15, -0.1) is 0 Å². The summed E-state index contributed by atoms with van der Waals surface area (Å²) in [5.74, 6) is -1.05.